The summed E-state index contributed by atoms with van der Waals surface area (Å²) in [5.74, 6) is 0.675. The maximum absolute atomic E-state index is 11.2. The molecule has 2 heterocycles. The number of anilines is 1. The van der Waals surface area contributed by atoms with Crippen LogP contribution in [0.3, 0.4) is 0 Å². The van der Waals surface area contributed by atoms with E-state index in [1.807, 2.05) is 6.07 Å². The molecule has 1 saturated heterocycles. The molecule has 5 heteroatoms. The zero-order chi connectivity index (χ0) is 11.4. The van der Waals surface area contributed by atoms with Gasteiger partial charge in [-0.2, -0.15) is 0 Å². The number of nitrogens with zero attached hydrogens (tertiary/aromatic N) is 2. The van der Waals surface area contributed by atoms with Gasteiger partial charge in [0.25, 0.3) is 0 Å². The van der Waals surface area contributed by atoms with Crippen LogP contribution in [-0.2, 0) is 11.3 Å². The molecule has 0 unspecified atom stereocenters. The van der Waals surface area contributed by atoms with Crippen molar-refractivity contribution < 1.29 is 4.79 Å². The van der Waals surface area contributed by atoms with Crippen LogP contribution in [0.5, 0.6) is 0 Å². The number of nitrogens with two attached hydrogens (primary N) is 1. The van der Waals surface area contributed by atoms with E-state index in [0.717, 1.165) is 31.7 Å². The molecule has 0 radical (unpaired) electrons. The predicted octanol–water partition coefficient (Wildman–Crippen LogP) is -0.0143. The third-order valence-corrected chi connectivity index (χ3v) is 2.66. The lowest BCUT2D eigenvalue weighted by Gasteiger charge is -2.18. The van der Waals surface area contributed by atoms with E-state index in [-0.39, 0.29) is 5.91 Å². The number of aromatic nitrogens is 1. The Morgan fingerprint density at radius 3 is 3.06 bits per heavy atom. The summed E-state index contributed by atoms with van der Waals surface area (Å²) < 4.78 is 0. The maximum Gasteiger partial charge on any atom is 0.221 e. The van der Waals surface area contributed by atoms with Crippen LogP contribution in [0.4, 0.5) is 5.82 Å². The summed E-state index contributed by atoms with van der Waals surface area (Å²) in [7, 11) is 0. The third kappa shape index (κ3) is 2.93. The van der Waals surface area contributed by atoms with E-state index >= 15 is 0 Å². The van der Waals surface area contributed by atoms with Crippen LogP contribution in [0.2, 0.25) is 0 Å². The molecule has 5 nitrogen and oxygen atoms in total. The van der Waals surface area contributed by atoms with E-state index in [2.05, 4.69) is 15.2 Å². The number of hydrogen-bond acceptors (Lipinski definition) is 4. The molecular formula is C11H16N4O. The lowest BCUT2D eigenvalue weighted by molar-refractivity contribution is -0.120. The summed E-state index contributed by atoms with van der Waals surface area (Å²) >= 11 is 0. The molecule has 16 heavy (non-hydrogen) atoms. The zero-order valence-electron chi connectivity index (χ0n) is 9.15. The molecule has 1 fully saturated rings. The Kier molecular flexibility index (Phi) is 3.36. The van der Waals surface area contributed by atoms with E-state index < -0.39 is 0 Å². The summed E-state index contributed by atoms with van der Waals surface area (Å²) in [4.78, 5) is 17.5. The van der Waals surface area contributed by atoms with Crippen molar-refractivity contribution in [1.82, 2.24) is 15.2 Å². The molecule has 1 amide bonds. The third-order valence-electron chi connectivity index (χ3n) is 2.66. The number of amides is 1. The number of carbonyl (C=O) groups is 1. The average molecular weight is 220 g/mol. The molecule has 1 aliphatic heterocycles. The highest BCUT2D eigenvalue weighted by atomic mass is 16.1. The molecule has 0 spiro atoms. The van der Waals surface area contributed by atoms with Gasteiger partial charge in [0.15, 0.2) is 0 Å². The predicted molar refractivity (Wildman–Crippen MR) is 61.6 cm³/mol. The Morgan fingerprint density at radius 1 is 1.44 bits per heavy atom. The first-order chi connectivity index (χ1) is 7.74. The monoisotopic (exact) mass is 220 g/mol. The summed E-state index contributed by atoms with van der Waals surface area (Å²) in [6.07, 6.45) is 2.36. The molecule has 0 saturated carbocycles. The molecule has 86 valence electrons. The SMILES string of the molecule is Nc1ccc(CN2CCNC(=O)CC2)cn1. The average Bonchev–Trinajstić information content (AvgIpc) is 2.47. The number of pyridine rings is 1. The van der Waals surface area contributed by atoms with Crippen LogP contribution in [0.1, 0.15) is 12.0 Å². The lowest BCUT2D eigenvalue weighted by Crippen LogP contribution is -2.28. The summed E-state index contributed by atoms with van der Waals surface area (Å²) in [6.45, 7) is 3.23. The molecule has 0 bridgehead atoms. The van der Waals surface area contributed by atoms with E-state index in [1.54, 1.807) is 12.3 Å². The summed E-state index contributed by atoms with van der Waals surface area (Å²) in [5.41, 5.74) is 6.65. The maximum atomic E-state index is 11.2. The highest BCUT2D eigenvalue weighted by Gasteiger charge is 2.13. The van der Waals surface area contributed by atoms with Gasteiger partial charge in [0.05, 0.1) is 0 Å². The van der Waals surface area contributed by atoms with Gasteiger partial charge in [-0.05, 0) is 11.6 Å². The largest absolute Gasteiger partial charge is 0.384 e. The van der Waals surface area contributed by atoms with Crippen LogP contribution < -0.4 is 11.1 Å². The second-order valence-electron chi connectivity index (χ2n) is 3.97. The fourth-order valence-electron chi connectivity index (χ4n) is 1.76. The van der Waals surface area contributed by atoms with Gasteiger partial charge in [0.2, 0.25) is 5.91 Å². The molecule has 2 rings (SSSR count). The highest BCUT2D eigenvalue weighted by Crippen LogP contribution is 2.07. The molecule has 0 atom stereocenters. The van der Waals surface area contributed by atoms with Crippen molar-refractivity contribution in [1.29, 1.82) is 0 Å². The first-order valence-corrected chi connectivity index (χ1v) is 5.43. The highest BCUT2D eigenvalue weighted by molar-refractivity contribution is 5.76. The number of rotatable bonds is 2. The Bertz CT molecular complexity index is 363. The van der Waals surface area contributed by atoms with Crippen molar-refractivity contribution in [2.75, 3.05) is 25.4 Å². The van der Waals surface area contributed by atoms with Gasteiger partial charge in [-0.15, -0.1) is 0 Å². The molecule has 3 N–H and O–H groups in total. The van der Waals surface area contributed by atoms with Gasteiger partial charge >= 0.3 is 0 Å². The van der Waals surface area contributed by atoms with Gasteiger partial charge in [-0.1, -0.05) is 6.07 Å². The van der Waals surface area contributed by atoms with Crippen molar-refractivity contribution in [2.45, 2.75) is 13.0 Å². The van der Waals surface area contributed by atoms with E-state index in [9.17, 15) is 4.79 Å². The van der Waals surface area contributed by atoms with Crippen LogP contribution in [0, 0.1) is 0 Å². The minimum Gasteiger partial charge on any atom is -0.384 e. The minimum atomic E-state index is 0.137. The fourth-order valence-corrected chi connectivity index (χ4v) is 1.76. The van der Waals surface area contributed by atoms with E-state index in [0.29, 0.717) is 12.2 Å². The fraction of sp³-hybridized carbons (Fsp3) is 0.455. The van der Waals surface area contributed by atoms with Crippen molar-refractivity contribution in [2.24, 2.45) is 0 Å². The summed E-state index contributed by atoms with van der Waals surface area (Å²) in [6, 6.07) is 3.78. The van der Waals surface area contributed by atoms with Crippen LogP contribution in [0.25, 0.3) is 0 Å². The van der Waals surface area contributed by atoms with Crippen molar-refractivity contribution >= 4 is 11.7 Å². The molecule has 0 aromatic carbocycles. The van der Waals surface area contributed by atoms with Crippen LogP contribution >= 0.6 is 0 Å². The van der Waals surface area contributed by atoms with Crippen molar-refractivity contribution in [3.63, 3.8) is 0 Å². The smallest absolute Gasteiger partial charge is 0.221 e. The normalized spacial score (nSPS) is 17.9. The quantitative estimate of drug-likeness (QED) is 0.735. The molecule has 1 aromatic rings. The van der Waals surface area contributed by atoms with Crippen LogP contribution in [-0.4, -0.2) is 35.4 Å². The first kappa shape index (κ1) is 10.9. The van der Waals surface area contributed by atoms with Crippen LogP contribution in [0.15, 0.2) is 18.3 Å². The number of hydrogen-bond donors (Lipinski definition) is 2. The first-order valence-electron chi connectivity index (χ1n) is 5.43. The summed E-state index contributed by atoms with van der Waals surface area (Å²) in [5, 5.41) is 2.85. The second-order valence-corrected chi connectivity index (χ2v) is 3.97. The molecule has 1 aromatic heterocycles. The molecular weight excluding hydrogens is 204 g/mol. The number of carbonyl (C=O) groups excluding carboxylic acids is 1. The van der Waals surface area contributed by atoms with Crippen molar-refractivity contribution in [3.05, 3.63) is 23.9 Å². The Hall–Kier alpha value is -1.62. The standard InChI is InChI=1S/C11H16N4O/c12-10-2-1-9(7-14-10)8-15-5-3-11(16)13-4-6-15/h1-2,7H,3-6,8H2,(H2,12,14)(H,13,16). The van der Waals surface area contributed by atoms with Gasteiger partial charge < -0.3 is 11.1 Å². The van der Waals surface area contributed by atoms with Gasteiger partial charge in [0, 0.05) is 38.8 Å². The molecule has 1 aliphatic rings. The number of nitrogens with one attached hydrogen (secondary N) is 1. The number of nitrogen functional groups attached to an aromatic ring is 1. The van der Waals surface area contributed by atoms with Crippen molar-refractivity contribution in [3.8, 4) is 0 Å². The second kappa shape index (κ2) is 4.94. The Morgan fingerprint density at radius 2 is 2.31 bits per heavy atom. The lowest BCUT2D eigenvalue weighted by atomic mass is 10.2. The van der Waals surface area contributed by atoms with E-state index in [4.69, 9.17) is 5.73 Å². The minimum absolute atomic E-state index is 0.137. The van der Waals surface area contributed by atoms with Gasteiger partial charge in [-0.3, -0.25) is 9.69 Å². The zero-order valence-corrected chi connectivity index (χ0v) is 9.15. The van der Waals surface area contributed by atoms with E-state index in [1.165, 1.54) is 0 Å². The Labute approximate surface area is 94.6 Å². The Balaban J connectivity index is 1.93. The molecule has 0 aliphatic carbocycles. The van der Waals surface area contributed by atoms with Gasteiger partial charge in [-0.25, -0.2) is 4.98 Å². The van der Waals surface area contributed by atoms with Gasteiger partial charge in [0.1, 0.15) is 5.82 Å². The topological polar surface area (TPSA) is 71.2 Å².